The highest BCUT2D eigenvalue weighted by atomic mass is 32.1. The van der Waals surface area contributed by atoms with Crippen LogP contribution in [-0.2, 0) is 13.0 Å². The van der Waals surface area contributed by atoms with Crippen molar-refractivity contribution < 1.29 is 9.13 Å². The number of hydrogen-bond donors (Lipinski definition) is 0. The Bertz CT molecular complexity index is 897. The average Bonchev–Trinajstić information content (AvgIpc) is 2.97. The molecule has 0 fully saturated rings. The molecule has 0 atom stereocenters. The maximum absolute atomic E-state index is 4.43. The highest BCUT2D eigenvalue weighted by Gasteiger charge is 2.20. The van der Waals surface area contributed by atoms with E-state index in [4.69, 9.17) is 0 Å². The topological polar surface area (TPSA) is 33.5 Å². The molecule has 0 aliphatic rings. The highest BCUT2D eigenvalue weighted by molar-refractivity contribution is 7.13. The van der Waals surface area contributed by atoms with Gasteiger partial charge in [-0.25, -0.2) is 4.57 Å². The van der Waals surface area contributed by atoms with E-state index < -0.39 is 0 Å². The summed E-state index contributed by atoms with van der Waals surface area (Å²) in [5, 5.41) is 10.9. The average molecular weight is 369 g/mol. The van der Waals surface area contributed by atoms with E-state index in [1.807, 2.05) is 0 Å². The summed E-state index contributed by atoms with van der Waals surface area (Å²) in [6.07, 6.45) is 2.03. The molecule has 3 aromatic rings. The fourth-order valence-corrected chi connectivity index (χ4v) is 4.72. The van der Waals surface area contributed by atoms with Gasteiger partial charge in [-0.15, -0.1) is 0 Å². The maximum atomic E-state index is 4.43. The summed E-state index contributed by atoms with van der Waals surface area (Å²) < 4.78 is 4.58. The Morgan fingerprint density at radius 2 is 1.31 bits per heavy atom. The van der Waals surface area contributed by atoms with Crippen LogP contribution in [0, 0.1) is 41.5 Å². The third-order valence-corrected chi connectivity index (χ3v) is 5.69. The van der Waals surface area contributed by atoms with Crippen LogP contribution in [0.5, 0.6) is 0 Å². The third kappa shape index (κ3) is 3.98. The zero-order chi connectivity index (χ0) is 18.8. The lowest BCUT2D eigenvalue weighted by molar-refractivity contribution is -0.708. The van der Waals surface area contributed by atoms with Crippen LogP contribution in [0.15, 0.2) is 24.3 Å². The zero-order valence-corrected chi connectivity index (χ0v) is 17.4. The molecule has 136 valence electrons. The quantitative estimate of drug-likeness (QED) is 0.645. The summed E-state index contributed by atoms with van der Waals surface area (Å²) in [6.45, 7) is 13.9. The summed E-state index contributed by atoms with van der Waals surface area (Å²) in [4.78, 5) is 0. The first-order valence-corrected chi connectivity index (χ1v) is 9.97. The second kappa shape index (κ2) is 7.62. The van der Waals surface area contributed by atoms with Crippen molar-refractivity contribution in [2.24, 2.45) is 0 Å². The van der Waals surface area contributed by atoms with Crippen molar-refractivity contribution in [2.75, 3.05) is 0 Å². The van der Waals surface area contributed by atoms with Crippen molar-refractivity contribution in [3.8, 4) is 5.13 Å². The van der Waals surface area contributed by atoms with Gasteiger partial charge in [-0.1, -0.05) is 0 Å². The molecule has 0 aliphatic carbocycles. The fraction of sp³-hybridized carbons (Fsp3) is 0.429. The monoisotopic (exact) mass is 368 g/mol. The molecule has 0 saturated heterocycles. The van der Waals surface area contributed by atoms with Crippen molar-refractivity contribution in [1.29, 1.82) is 0 Å². The van der Waals surface area contributed by atoms with Crippen LogP contribution in [0.25, 0.3) is 5.13 Å². The molecular weight excluding hydrogens is 340 g/mol. The molecule has 0 radical (unpaired) electrons. The Labute approximate surface area is 160 Å². The number of aromatic nitrogens is 4. The molecule has 26 heavy (non-hydrogen) atoms. The Morgan fingerprint density at radius 3 is 1.88 bits per heavy atom. The number of pyridine rings is 2. The van der Waals surface area contributed by atoms with Crippen molar-refractivity contribution in [3.63, 3.8) is 0 Å². The normalized spacial score (nSPS) is 11.2. The first-order valence-electron chi connectivity index (χ1n) is 9.15. The minimum Gasteiger partial charge on any atom is -0.200 e. The molecular formula is C21H28N4S+2. The number of hydrogen-bond acceptors (Lipinski definition) is 3. The summed E-state index contributed by atoms with van der Waals surface area (Å²) in [7, 11) is 0. The van der Waals surface area contributed by atoms with Crippen molar-refractivity contribution in [1.82, 2.24) is 10.2 Å². The summed E-state index contributed by atoms with van der Waals surface area (Å²) in [5.41, 5.74) is 7.65. The molecule has 0 aromatic carbocycles. The van der Waals surface area contributed by atoms with E-state index >= 15 is 0 Å². The van der Waals surface area contributed by atoms with E-state index in [-0.39, 0.29) is 0 Å². The van der Waals surface area contributed by atoms with Gasteiger partial charge in [0, 0.05) is 38.8 Å². The van der Waals surface area contributed by atoms with Crippen LogP contribution < -0.4 is 9.13 Å². The van der Waals surface area contributed by atoms with Crippen molar-refractivity contribution in [2.45, 2.75) is 60.9 Å². The SMILES string of the molecule is Cc1cc(C)[n+](CCCc2nnc(-[n+]3c(C)cc(C)cc3C)s2)c(C)c1. The molecule has 0 N–H and O–H groups in total. The second-order valence-corrected chi connectivity index (χ2v) is 8.24. The van der Waals surface area contributed by atoms with Gasteiger partial charge >= 0.3 is 5.13 Å². The minimum absolute atomic E-state index is 0.960. The van der Waals surface area contributed by atoms with Crippen molar-refractivity contribution >= 4 is 11.3 Å². The summed E-state index contributed by atoms with van der Waals surface area (Å²) in [6, 6.07) is 8.87. The predicted molar refractivity (Wildman–Crippen MR) is 105 cm³/mol. The first-order chi connectivity index (χ1) is 12.3. The van der Waals surface area contributed by atoms with E-state index in [2.05, 4.69) is 85.1 Å². The third-order valence-electron chi connectivity index (χ3n) is 4.72. The van der Waals surface area contributed by atoms with Crippen LogP contribution in [0.2, 0.25) is 0 Å². The molecule has 0 spiro atoms. The molecule has 5 heteroatoms. The smallest absolute Gasteiger partial charge is 0.200 e. The van der Waals surface area contributed by atoms with E-state index in [0.717, 1.165) is 29.5 Å². The molecule has 0 unspecified atom stereocenters. The van der Waals surface area contributed by atoms with Gasteiger partial charge in [-0.3, -0.25) is 0 Å². The molecule has 3 rings (SSSR count). The highest BCUT2D eigenvalue weighted by Crippen LogP contribution is 2.14. The summed E-state index contributed by atoms with van der Waals surface area (Å²) in [5.74, 6) is 0. The Morgan fingerprint density at radius 1 is 0.769 bits per heavy atom. The molecule has 3 heterocycles. The maximum Gasteiger partial charge on any atom is 0.415 e. The Kier molecular flexibility index (Phi) is 5.47. The molecule has 0 amide bonds. The lowest BCUT2D eigenvalue weighted by Crippen LogP contribution is -2.40. The molecule has 3 aromatic heterocycles. The van der Waals surface area contributed by atoms with Gasteiger partial charge in [-0.2, -0.15) is 4.57 Å². The fourth-order valence-electron chi connectivity index (χ4n) is 3.72. The van der Waals surface area contributed by atoms with Gasteiger partial charge in [0.1, 0.15) is 22.9 Å². The summed E-state index contributed by atoms with van der Waals surface area (Å²) >= 11 is 1.70. The van der Waals surface area contributed by atoms with Crippen LogP contribution in [0.3, 0.4) is 0 Å². The van der Waals surface area contributed by atoms with E-state index in [1.54, 1.807) is 11.3 Å². The second-order valence-electron chi connectivity index (χ2n) is 7.20. The van der Waals surface area contributed by atoms with Gasteiger partial charge in [0.2, 0.25) is 0 Å². The van der Waals surface area contributed by atoms with Crippen molar-refractivity contribution in [3.05, 3.63) is 63.2 Å². The minimum atomic E-state index is 0.960. The van der Waals surface area contributed by atoms with Gasteiger partial charge in [-0.05, 0) is 67.4 Å². The predicted octanol–water partition coefficient (Wildman–Crippen LogP) is 3.59. The number of nitrogens with zero attached hydrogens (tertiary/aromatic N) is 4. The van der Waals surface area contributed by atoms with Crippen LogP contribution >= 0.6 is 11.3 Å². The lowest BCUT2D eigenvalue weighted by atomic mass is 10.2. The van der Waals surface area contributed by atoms with Gasteiger partial charge in [0.05, 0.1) is 5.10 Å². The van der Waals surface area contributed by atoms with Crippen LogP contribution in [0.4, 0.5) is 0 Å². The molecule has 0 bridgehead atoms. The Balaban J connectivity index is 1.71. The largest absolute Gasteiger partial charge is 0.415 e. The standard InChI is InChI=1S/C21H28N4S/c1-14-10-16(3)24(17(4)11-14)9-7-8-20-22-23-21(26-20)25-18(5)12-15(2)13-19(25)6/h10-13H,7-9H2,1-6H3/q+2. The number of aryl methyl sites for hydroxylation is 7. The first kappa shape index (κ1) is 18.6. The van der Waals surface area contributed by atoms with Gasteiger partial charge in [0.15, 0.2) is 11.4 Å². The number of rotatable bonds is 5. The van der Waals surface area contributed by atoms with Gasteiger partial charge < -0.3 is 0 Å². The van der Waals surface area contributed by atoms with E-state index in [0.29, 0.717) is 0 Å². The lowest BCUT2D eigenvalue weighted by Gasteiger charge is -2.05. The van der Waals surface area contributed by atoms with E-state index in [1.165, 1.54) is 33.9 Å². The molecule has 0 aliphatic heterocycles. The zero-order valence-electron chi connectivity index (χ0n) is 16.6. The van der Waals surface area contributed by atoms with E-state index in [9.17, 15) is 0 Å². The Hall–Kier alpha value is -2.14. The van der Waals surface area contributed by atoms with Crippen LogP contribution in [0.1, 0.15) is 45.3 Å². The van der Waals surface area contributed by atoms with Gasteiger partial charge in [0.25, 0.3) is 0 Å². The van der Waals surface area contributed by atoms with Crippen LogP contribution in [-0.4, -0.2) is 10.2 Å². The molecule has 4 nitrogen and oxygen atoms in total. The molecule has 0 saturated carbocycles.